The largest absolute Gasteiger partial charge is 0.353 e. The van der Waals surface area contributed by atoms with Crippen LogP contribution in [0, 0.1) is 6.92 Å². The number of aryl methyl sites for hydroxylation is 1. The molecule has 0 radical (unpaired) electrons. The van der Waals surface area contributed by atoms with Gasteiger partial charge in [-0.05, 0) is 24.6 Å². The van der Waals surface area contributed by atoms with E-state index in [9.17, 15) is 0 Å². The Morgan fingerprint density at radius 2 is 1.58 bits per heavy atom. The molecule has 1 saturated heterocycles. The first-order chi connectivity index (χ1) is 12.8. The molecule has 3 heterocycles. The van der Waals surface area contributed by atoms with Crippen LogP contribution in [0.1, 0.15) is 5.56 Å². The Hall–Kier alpha value is -3.22. The zero-order chi connectivity index (χ0) is 17.8. The number of anilines is 4. The van der Waals surface area contributed by atoms with E-state index in [-0.39, 0.29) is 0 Å². The number of benzene rings is 1. The van der Waals surface area contributed by atoms with Crippen LogP contribution in [0.25, 0.3) is 0 Å². The fourth-order valence-corrected chi connectivity index (χ4v) is 3.03. The van der Waals surface area contributed by atoms with E-state index in [1.165, 1.54) is 5.56 Å². The Balaban J connectivity index is 1.44. The molecule has 4 rings (SSSR count). The lowest BCUT2D eigenvalue weighted by Gasteiger charge is -2.35. The maximum Gasteiger partial charge on any atom is 0.225 e. The molecule has 1 aromatic carbocycles. The summed E-state index contributed by atoms with van der Waals surface area (Å²) >= 11 is 0. The molecule has 1 aliphatic heterocycles. The van der Waals surface area contributed by atoms with E-state index < -0.39 is 0 Å². The van der Waals surface area contributed by atoms with Crippen molar-refractivity contribution in [1.29, 1.82) is 0 Å². The van der Waals surface area contributed by atoms with Gasteiger partial charge in [-0.2, -0.15) is 0 Å². The van der Waals surface area contributed by atoms with Gasteiger partial charge in [0.15, 0.2) is 0 Å². The van der Waals surface area contributed by atoms with E-state index in [4.69, 9.17) is 0 Å². The molecule has 3 aromatic rings. The van der Waals surface area contributed by atoms with Crippen LogP contribution < -0.4 is 15.1 Å². The Kier molecular flexibility index (Phi) is 4.59. The first-order valence-electron chi connectivity index (χ1n) is 8.71. The van der Waals surface area contributed by atoms with Crippen LogP contribution in [0.15, 0.2) is 55.1 Å². The molecular weight excluding hydrogens is 326 g/mol. The first kappa shape index (κ1) is 16.3. The van der Waals surface area contributed by atoms with Gasteiger partial charge in [-0.1, -0.05) is 18.2 Å². The van der Waals surface area contributed by atoms with Crippen molar-refractivity contribution in [3.05, 3.63) is 60.7 Å². The van der Waals surface area contributed by atoms with Crippen LogP contribution in [-0.4, -0.2) is 46.1 Å². The summed E-state index contributed by atoms with van der Waals surface area (Å²) < 4.78 is 0. The van der Waals surface area contributed by atoms with Crippen LogP contribution in [0.3, 0.4) is 0 Å². The standard InChI is InChI=1S/C19H21N7/c1-15-5-2-3-6-16(15)24-17-13-18(23-14-22-17)25-9-11-26(12-10-25)19-20-7-4-8-21-19/h2-8,13-14H,9-12H2,1H3,(H,22,23,24). The molecule has 0 saturated carbocycles. The molecule has 0 amide bonds. The van der Waals surface area contributed by atoms with Crippen LogP contribution in [0.2, 0.25) is 0 Å². The summed E-state index contributed by atoms with van der Waals surface area (Å²) in [5.41, 5.74) is 2.24. The average Bonchev–Trinajstić information content (AvgIpc) is 2.71. The third-order valence-corrected chi connectivity index (χ3v) is 4.50. The van der Waals surface area contributed by atoms with Gasteiger partial charge in [-0.25, -0.2) is 19.9 Å². The molecule has 7 heteroatoms. The van der Waals surface area contributed by atoms with Gasteiger partial charge in [0.2, 0.25) is 5.95 Å². The third kappa shape index (κ3) is 3.56. The van der Waals surface area contributed by atoms with Gasteiger partial charge in [-0.3, -0.25) is 0 Å². The van der Waals surface area contributed by atoms with Crippen molar-refractivity contribution in [3.63, 3.8) is 0 Å². The van der Waals surface area contributed by atoms with Crippen molar-refractivity contribution in [3.8, 4) is 0 Å². The lowest BCUT2D eigenvalue weighted by atomic mass is 10.2. The number of piperazine rings is 1. The summed E-state index contributed by atoms with van der Waals surface area (Å²) in [6, 6.07) is 12.0. The number of nitrogens with zero attached hydrogens (tertiary/aromatic N) is 6. The molecule has 0 unspecified atom stereocenters. The molecule has 0 spiro atoms. The second kappa shape index (κ2) is 7.35. The molecule has 0 atom stereocenters. The lowest BCUT2D eigenvalue weighted by molar-refractivity contribution is 0.634. The molecule has 0 bridgehead atoms. The van der Waals surface area contributed by atoms with Crippen LogP contribution >= 0.6 is 0 Å². The number of rotatable bonds is 4. The van der Waals surface area contributed by atoms with Gasteiger partial charge in [-0.15, -0.1) is 0 Å². The summed E-state index contributed by atoms with van der Waals surface area (Å²) in [6.45, 7) is 5.57. The minimum absolute atomic E-state index is 0.789. The van der Waals surface area contributed by atoms with Crippen molar-refractivity contribution in [2.45, 2.75) is 6.92 Å². The quantitative estimate of drug-likeness (QED) is 0.778. The van der Waals surface area contributed by atoms with E-state index in [0.717, 1.165) is 49.5 Å². The molecule has 132 valence electrons. The van der Waals surface area contributed by atoms with Crippen LogP contribution in [0.5, 0.6) is 0 Å². The van der Waals surface area contributed by atoms with Crippen LogP contribution in [0.4, 0.5) is 23.3 Å². The average molecular weight is 347 g/mol. The van der Waals surface area contributed by atoms with Crippen molar-refractivity contribution in [1.82, 2.24) is 19.9 Å². The summed E-state index contributed by atoms with van der Waals surface area (Å²) in [6.07, 6.45) is 5.17. The fourth-order valence-electron chi connectivity index (χ4n) is 3.03. The van der Waals surface area contributed by atoms with Crippen molar-refractivity contribution < 1.29 is 0 Å². The molecule has 0 aliphatic carbocycles. The van der Waals surface area contributed by atoms with E-state index >= 15 is 0 Å². The van der Waals surface area contributed by atoms with Crippen molar-refractivity contribution in [2.24, 2.45) is 0 Å². The zero-order valence-electron chi connectivity index (χ0n) is 14.7. The van der Waals surface area contributed by atoms with E-state index in [1.807, 2.05) is 24.3 Å². The molecule has 1 fully saturated rings. The molecular formula is C19H21N7. The third-order valence-electron chi connectivity index (χ3n) is 4.50. The van der Waals surface area contributed by atoms with Crippen molar-refractivity contribution in [2.75, 3.05) is 41.3 Å². The highest BCUT2D eigenvalue weighted by molar-refractivity contribution is 5.62. The molecule has 26 heavy (non-hydrogen) atoms. The van der Waals surface area contributed by atoms with E-state index in [0.29, 0.717) is 0 Å². The molecule has 1 aliphatic rings. The van der Waals surface area contributed by atoms with Crippen molar-refractivity contribution >= 4 is 23.3 Å². The zero-order valence-corrected chi connectivity index (χ0v) is 14.7. The molecule has 7 nitrogen and oxygen atoms in total. The Morgan fingerprint density at radius 1 is 0.846 bits per heavy atom. The highest BCUT2D eigenvalue weighted by Crippen LogP contribution is 2.22. The minimum Gasteiger partial charge on any atom is -0.353 e. The van der Waals surface area contributed by atoms with Crippen LogP contribution in [-0.2, 0) is 0 Å². The smallest absolute Gasteiger partial charge is 0.225 e. The Labute approximate surface area is 152 Å². The predicted molar refractivity (Wildman–Crippen MR) is 103 cm³/mol. The number of hydrogen-bond acceptors (Lipinski definition) is 7. The topological polar surface area (TPSA) is 70.1 Å². The van der Waals surface area contributed by atoms with Gasteiger partial charge in [0.1, 0.15) is 18.0 Å². The highest BCUT2D eigenvalue weighted by Gasteiger charge is 2.20. The highest BCUT2D eigenvalue weighted by atomic mass is 15.3. The summed E-state index contributed by atoms with van der Waals surface area (Å²) in [5, 5.41) is 3.38. The van der Waals surface area contributed by atoms with Gasteiger partial charge < -0.3 is 15.1 Å². The SMILES string of the molecule is Cc1ccccc1Nc1cc(N2CCN(c3ncccn3)CC2)ncn1. The number of hydrogen-bond donors (Lipinski definition) is 1. The first-order valence-corrected chi connectivity index (χ1v) is 8.71. The van der Waals surface area contributed by atoms with Gasteiger partial charge in [0.05, 0.1) is 0 Å². The normalized spacial score (nSPS) is 14.3. The fraction of sp³-hybridized carbons (Fsp3) is 0.263. The maximum absolute atomic E-state index is 4.45. The minimum atomic E-state index is 0.789. The molecule has 1 N–H and O–H groups in total. The number of aromatic nitrogens is 4. The summed E-state index contributed by atoms with van der Waals surface area (Å²) in [7, 11) is 0. The number of para-hydroxylation sites is 1. The predicted octanol–water partition coefficient (Wildman–Crippen LogP) is 2.65. The number of nitrogens with one attached hydrogen (secondary N) is 1. The second-order valence-electron chi connectivity index (χ2n) is 6.22. The summed E-state index contributed by atoms with van der Waals surface area (Å²) in [5.74, 6) is 2.53. The Morgan fingerprint density at radius 3 is 2.35 bits per heavy atom. The van der Waals surface area contributed by atoms with Gasteiger partial charge >= 0.3 is 0 Å². The van der Waals surface area contributed by atoms with Gasteiger partial charge in [0, 0.05) is 50.3 Å². The maximum atomic E-state index is 4.45. The lowest BCUT2D eigenvalue weighted by Crippen LogP contribution is -2.47. The van der Waals surface area contributed by atoms with E-state index in [2.05, 4.69) is 54.1 Å². The summed E-state index contributed by atoms with van der Waals surface area (Å²) in [4.78, 5) is 21.9. The molecule has 2 aromatic heterocycles. The van der Waals surface area contributed by atoms with Gasteiger partial charge in [0.25, 0.3) is 0 Å². The van der Waals surface area contributed by atoms with E-state index in [1.54, 1.807) is 18.7 Å². The second-order valence-corrected chi connectivity index (χ2v) is 6.22. The Bertz CT molecular complexity index is 861. The monoisotopic (exact) mass is 347 g/mol.